The molecule has 0 spiro atoms. The molecule has 1 amide bonds. The zero-order valence-corrected chi connectivity index (χ0v) is 9.40. The van der Waals surface area contributed by atoms with Gasteiger partial charge in [0.15, 0.2) is 0 Å². The van der Waals surface area contributed by atoms with Gasteiger partial charge in [0.2, 0.25) is 0 Å². The molecule has 0 aliphatic carbocycles. The Hall–Kier alpha value is -2.35. The SMILES string of the molecule is C#CCCNC(=O)c1cccc(C)c1[N+](=O)[O-]. The van der Waals surface area contributed by atoms with Gasteiger partial charge in [0.1, 0.15) is 5.56 Å². The van der Waals surface area contributed by atoms with Crippen LogP contribution in [0, 0.1) is 29.4 Å². The summed E-state index contributed by atoms with van der Waals surface area (Å²) >= 11 is 0. The quantitative estimate of drug-likeness (QED) is 0.371. The molecule has 0 aliphatic rings. The molecule has 0 unspecified atom stereocenters. The van der Waals surface area contributed by atoms with Gasteiger partial charge in [-0.3, -0.25) is 14.9 Å². The summed E-state index contributed by atoms with van der Waals surface area (Å²) in [6.07, 6.45) is 5.44. The Balaban J connectivity index is 2.98. The first-order valence-corrected chi connectivity index (χ1v) is 5.03. The molecule has 0 atom stereocenters. The third-order valence-corrected chi connectivity index (χ3v) is 2.22. The predicted octanol–water partition coefficient (Wildman–Crippen LogP) is 1.66. The van der Waals surface area contributed by atoms with E-state index in [1.807, 2.05) is 0 Å². The van der Waals surface area contributed by atoms with Crippen molar-refractivity contribution in [3.63, 3.8) is 0 Å². The summed E-state index contributed by atoms with van der Waals surface area (Å²) < 4.78 is 0. The standard InChI is InChI=1S/C12H12N2O3/c1-3-4-8-13-12(15)10-7-5-6-9(2)11(10)14(16)17/h1,5-7H,4,8H2,2H3,(H,13,15). The van der Waals surface area contributed by atoms with Gasteiger partial charge in [-0.15, -0.1) is 12.3 Å². The van der Waals surface area contributed by atoms with Gasteiger partial charge in [-0.25, -0.2) is 0 Å². The van der Waals surface area contributed by atoms with Crippen molar-refractivity contribution in [2.45, 2.75) is 13.3 Å². The number of benzene rings is 1. The van der Waals surface area contributed by atoms with E-state index < -0.39 is 10.8 Å². The lowest BCUT2D eigenvalue weighted by Crippen LogP contribution is -2.25. The van der Waals surface area contributed by atoms with E-state index in [1.54, 1.807) is 19.1 Å². The highest BCUT2D eigenvalue weighted by molar-refractivity contribution is 5.98. The highest BCUT2D eigenvalue weighted by Crippen LogP contribution is 2.22. The molecule has 17 heavy (non-hydrogen) atoms. The lowest BCUT2D eigenvalue weighted by Gasteiger charge is -2.05. The second kappa shape index (κ2) is 5.66. The Morgan fingerprint density at radius 2 is 2.29 bits per heavy atom. The molecule has 1 rings (SSSR count). The zero-order chi connectivity index (χ0) is 12.8. The Labute approximate surface area is 99.0 Å². The lowest BCUT2D eigenvalue weighted by atomic mass is 10.1. The maximum absolute atomic E-state index is 11.7. The molecule has 5 heteroatoms. The summed E-state index contributed by atoms with van der Waals surface area (Å²) in [5.41, 5.74) is 0.359. The summed E-state index contributed by atoms with van der Waals surface area (Å²) in [6.45, 7) is 1.90. The number of aryl methyl sites for hydroxylation is 1. The fourth-order valence-electron chi connectivity index (χ4n) is 1.43. The molecule has 0 saturated heterocycles. The molecule has 0 aromatic heterocycles. The average Bonchev–Trinajstić information content (AvgIpc) is 2.28. The van der Waals surface area contributed by atoms with Crippen molar-refractivity contribution in [2.75, 3.05) is 6.54 Å². The monoisotopic (exact) mass is 232 g/mol. The summed E-state index contributed by atoms with van der Waals surface area (Å²) in [5, 5.41) is 13.4. The van der Waals surface area contributed by atoms with Crippen LogP contribution in [0.25, 0.3) is 0 Å². The molecule has 0 aliphatic heterocycles. The van der Waals surface area contributed by atoms with Crippen LogP contribution in [0.15, 0.2) is 18.2 Å². The van der Waals surface area contributed by atoms with Crippen LogP contribution >= 0.6 is 0 Å². The summed E-state index contributed by atoms with van der Waals surface area (Å²) in [4.78, 5) is 22.0. The number of amides is 1. The predicted molar refractivity (Wildman–Crippen MR) is 63.6 cm³/mol. The summed E-state index contributed by atoms with van der Waals surface area (Å²) in [5.74, 6) is 1.90. The molecule has 0 radical (unpaired) electrons. The number of rotatable bonds is 4. The largest absolute Gasteiger partial charge is 0.351 e. The maximum atomic E-state index is 11.7. The van der Waals surface area contributed by atoms with E-state index in [9.17, 15) is 14.9 Å². The highest BCUT2D eigenvalue weighted by Gasteiger charge is 2.21. The van der Waals surface area contributed by atoms with Crippen molar-refractivity contribution in [2.24, 2.45) is 0 Å². The van der Waals surface area contributed by atoms with Crippen LogP contribution in [0.2, 0.25) is 0 Å². The number of carbonyl (C=O) groups is 1. The van der Waals surface area contributed by atoms with Gasteiger partial charge in [-0.1, -0.05) is 12.1 Å². The van der Waals surface area contributed by atoms with Crippen LogP contribution in [0.3, 0.4) is 0 Å². The molecule has 0 heterocycles. The van der Waals surface area contributed by atoms with Crippen LogP contribution in [0.1, 0.15) is 22.3 Å². The van der Waals surface area contributed by atoms with Crippen molar-refractivity contribution in [3.8, 4) is 12.3 Å². The number of hydrogen-bond donors (Lipinski definition) is 1. The van der Waals surface area contributed by atoms with Gasteiger partial charge in [0.25, 0.3) is 11.6 Å². The van der Waals surface area contributed by atoms with Crippen LogP contribution in [-0.4, -0.2) is 17.4 Å². The van der Waals surface area contributed by atoms with Gasteiger partial charge in [0.05, 0.1) is 4.92 Å². The highest BCUT2D eigenvalue weighted by atomic mass is 16.6. The average molecular weight is 232 g/mol. The topological polar surface area (TPSA) is 72.2 Å². The molecular formula is C12H12N2O3. The first kappa shape index (κ1) is 12.7. The van der Waals surface area contributed by atoms with Gasteiger partial charge in [-0.05, 0) is 13.0 Å². The minimum atomic E-state index is -0.550. The Morgan fingerprint density at radius 3 is 2.88 bits per heavy atom. The summed E-state index contributed by atoms with van der Waals surface area (Å²) in [7, 11) is 0. The number of nitro groups is 1. The normalized spacial score (nSPS) is 9.41. The van der Waals surface area contributed by atoms with Gasteiger partial charge < -0.3 is 5.32 Å². The first-order chi connectivity index (χ1) is 8.07. The molecule has 1 N–H and O–H groups in total. The molecular weight excluding hydrogens is 220 g/mol. The van der Waals surface area contributed by atoms with E-state index in [0.29, 0.717) is 18.5 Å². The molecule has 0 fully saturated rings. The smallest absolute Gasteiger partial charge is 0.285 e. The molecule has 1 aromatic carbocycles. The van der Waals surface area contributed by atoms with Crippen molar-refractivity contribution in [1.82, 2.24) is 5.32 Å². The zero-order valence-electron chi connectivity index (χ0n) is 9.40. The Bertz CT molecular complexity index is 489. The van der Waals surface area contributed by atoms with Crippen molar-refractivity contribution in [3.05, 3.63) is 39.4 Å². The molecule has 88 valence electrons. The number of nitrogens with zero attached hydrogens (tertiary/aromatic N) is 1. The summed E-state index contributed by atoms with van der Waals surface area (Å²) in [6, 6.07) is 4.63. The van der Waals surface area contributed by atoms with Gasteiger partial charge in [-0.2, -0.15) is 0 Å². The molecule has 1 aromatic rings. The molecule has 0 saturated carbocycles. The van der Waals surface area contributed by atoms with Gasteiger partial charge >= 0.3 is 0 Å². The fourth-order valence-corrected chi connectivity index (χ4v) is 1.43. The van der Waals surface area contributed by atoms with E-state index in [-0.39, 0.29) is 11.3 Å². The second-order valence-corrected chi connectivity index (χ2v) is 3.44. The minimum absolute atomic E-state index is 0.0621. The third-order valence-electron chi connectivity index (χ3n) is 2.22. The first-order valence-electron chi connectivity index (χ1n) is 5.03. The van der Waals surface area contributed by atoms with Crippen molar-refractivity contribution >= 4 is 11.6 Å². The van der Waals surface area contributed by atoms with Crippen molar-refractivity contribution in [1.29, 1.82) is 0 Å². The number of carbonyl (C=O) groups excluding carboxylic acids is 1. The van der Waals surface area contributed by atoms with Crippen LogP contribution in [0.4, 0.5) is 5.69 Å². The second-order valence-electron chi connectivity index (χ2n) is 3.44. The van der Waals surface area contributed by atoms with E-state index >= 15 is 0 Å². The van der Waals surface area contributed by atoms with E-state index in [1.165, 1.54) is 6.07 Å². The number of para-hydroxylation sites is 1. The number of nitrogens with one attached hydrogen (secondary N) is 1. The van der Waals surface area contributed by atoms with Crippen molar-refractivity contribution < 1.29 is 9.72 Å². The van der Waals surface area contributed by atoms with E-state index in [0.717, 1.165) is 0 Å². The number of nitro benzene ring substituents is 1. The van der Waals surface area contributed by atoms with Crippen LogP contribution in [-0.2, 0) is 0 Å². The van der Waals surface area contributed by atoms with E-state index in [2.05, 4.69) is 11.2 Å². The molecule has 0 bridgehead atoms. The third kappa shape index (κ3) is 3.05. The van der Waals surface area contributed by atoms with E-state index in [4.69, 9.17) is 6.42 Å². The lowest BCUT2D eigenvalue weighted by molar-refractivity contribution is -0.385. The van der Waals surface area contributed by atoms with Crippen LogP contribution in [0.5, 0.6) is 0 Å². The fraction of sp³-hybridized carbons (Fsp3) is 0.250. The minimum Gasteiger partial charge on any atom is -0.351 e. The number of terminal acetylenes is 1. The van der Waals surface area contributed by atoms with Gasteiger partial charge in [0, 0.05) is 18.5 Å². The maximum Gasteiger partial charge on any atom is 0.285 e. The Morgan fingerprint density at radius 1 is 1.59 bits per heavy atom. The Kier molecular flexibility index (Phi) is 4.23. The van der Waals surface area contributed by atoms with Crippen LogP contribution < -0.4 is 5.32 Å². The molecule has 5 nitrogen and oxygen atoms in total. The number of hydrogen-bond acceptors (Lipinski definition) is 3.